The van der Waals surface area contributed by atoms with Gasteiger partial charge in [0.2, 0.25) is 0 Å². The Morgan fingerprint density at radius 3 is 2.52 bits per heavy atom. The highest BCUT2D eigenvalue weighted by molar-refractivity contribution is 5.94. The molecule has 2 rings (SSSR count). The summed E-state index contributed by atoms with van der Waals surface area (Å²) < 4.78 is 5.20. The fourth-order valence-electron chi connectivity index (χ4n) is 2.38. The zero-order valence-corrected chi connectivity index (χ0v) is 14.0. The van der Waals surface area contributed by atoms with Crippen LogP contribution in [0.25, 0.3) is 0 Å². The van der Waals surface area contributed by atoms with Crippen LogP contribution in [0.3, 0.4) is 0 Å². The topological polar surface area (TPSA) is 54.9 Å². The second-order valence-electron chi connectivity index (χ2n) is 5.97. The van der Waals surface area contributed by atoms with Crippen LogP contribution in [-0.4, -0.2) is 19.6 Å². The van der Waals surface area contributed by atoms with Gasteiger partial charge in [-0.1, -0.05) is 50.2 Å². The normalized spacial score (nSPS) is 12.0. The average Bonchev–Trinajstić information content (AvgIpc) is 2.56. The molecule has 0 fully saturated rings. The molecule has 0 aromatic heterocycles. The summed E-state index contributed by atoms with van der Waals surface area (Å²) in [6.07, 6.45) is 0. The first-order valence-electron chi connectivity index (χ1n) is 7.93. The Kier molecular flexibility index (Phi) is 6.18. The summed E-state index contributed by atoms with van der Waals surface area (Å²) >= 11 is 0. The first kappa shape index (κ1) is 17.0. The highest BCUT2D eigenvalue weighted by atomic mass is 16.5. The van der Waals surface area contributed by atoms with Gasteiger partial charge in [0.15, 0.2) is 6.04 Å². The van der Waals surface area contributed by atoms with Crippen molar-refractivity contribution in [3.05, 3.63) is 60.2 Å². The van der Waals surface area contributed by atoms with Gasteiger partial charge in [-0.25, -0.2) is 0 Å². The summed E-state index contributed by atoms with van der Waals surface area (Å²) in [4.78, 5) is 12.7. The summed E-state index contributed by atoms with van der Waals surface area (Å²) in [5, 5.41) is 5.08. The molecular weight excluding hydrogens is 288 g/mol. The molecule has 2 aromatic carbocycles. The van der Waals surface area contributed by atoms with Crippen molar-refractivity contribution in [3.63, 3.8) is 0 Å². The second-order valence-corrected chi connectivity index (χ2v) is 5.97. The molecule has 1 atom stereocenters. The fraction of sp³-hybridized carbons (Fsp3) is 0.316. The molecule has 1 amide bonds. The number of hydrogen-bond acceptors (Lipinski definition) is 2. The number of rotatable bonds is 7. The van der Waals surface area contributed by atoms with E-state index >= 15 is 0 Å². The number of amides is 1. The number of carbonyl (C=O) groups is 1. The number of hydrogen-bond donors (Lipinski definition) is 2. The lowest BCUT2D eigenvalue weighted by Crippen LogP contribution is -2.88. The van der Waals surface area contributed by atoms with Crippen molar-refractivity contribution >= 4 is 11.6 Å². The maximum absolute atomic E-state index is 12.7. The molecular formula is C19H25N2O2+. The van der Waals surface area contributed by atoms with Crippen LogP contribution in [-0.2, 0) is 4.79 Å². The lowest BCUT2D eigenvalue weighted by Gasteiger charge is -2.17. The minimum Gasteiger partial charge on any atom is -0.497 e. The lowest BCUT2D eigenvalue weighted by molar-refractivity contribution is -0.686. The van der Waals surface area contributed by atoms with E-state index in [0.29, 0.717) is 5.92 Å². The Hall–Kier alpha value is -2.33. The number of nitrogens with one attached hydrogen (secondary N) is 1. The van der Waals surface area contributed by atoms with Gasteiger partial charge in [0.25, 0.3) is 5.91 Å². The zero-order valence-electron chi connectivity index (χ0n) is 14.0. The van der Waals surface area contributed by atoms with Crippen LogP contribution in [0.15, 0.2) is 54.6 Å². The van der Waals surface area contributed by atoms with Crippen LogP contribution in [0.1, 0.15) is 25.5 Å². The van der Waals surface area contributed by atoms with Gasteiger partial charge in [-0.3, -0.25) is 4.79 Å². The first-order chi connectivity index (χ1) is 11.1. The summed E-state index contributed by atoms with van der Waals surface area (Å²) in [5.74, 6) is 1.22. The monoisotopic (exact) mass is 313 g/mol. The van der Waals surface area contributed by atoms with Crippen molar-refractivity contribution < 1.29 is 14.8 Å². The Morgan fingerprint density at radius 1 is 1.13 bits per heavy atom. The minimum absolute atomic E-state index is 0.0231. The molecule has 0 saturated heterocycles. The minimum atomic E-state index is -0.259. The third-order valence-corrected chi connectivity index (χ3v) is 3.62. The molecule has 4 nitrogen and oxygen atoms in total. The van der Waals surface area contributed by atoms with E-state index < -0.39 is 0 Å². The van der Waals surface area contributed by atoms with Crippen LogP contribution in [0.4, 0.5) is 5.69 Å². The zero-order chi connectivity index (χ0) is 16.7. The van der Waals surface area contributed by atoms with Gasteiger partial charge in [0.1, 0.15) is 5.75 Å². The molecule has 4 heteroatoms. The smallest absolute Gasteiger partial charge is 0.287 e. The number of carbonyl (C=O) groups excluding carboxylic acids is 1. The van der Waals surface area contributed by atoms with Gasteiger partial charge in [0, 0.05) is 23.2 Å². The molecule has 3 N–H and O–H groups in total. The molecule has 0 radical (unpaired) electrons. The maximum atomic E-state index is 12.7. The van der Waals surface area contributed by atoms with E-state index in [2.05, 4.69) is 24.5 Å². The molecule has 0 aliphatic carbocycles. The van der Waals surface area contributed by atoms with Crippen LogP contribution in [0.5, 0.6) is 5.75 Å². The van der Waals surface area contributed by atoms with Gasteiger partial charge in [-0.05, 0) is 12.1 Å². The van der Waals surface area contributed by atoms with Crippen molar-refractivity contribution in [1.29, 1.82) is 0 Å². The predicted molar refractivity (Wildman–Crippen MR) is 92.4 cm³/mol. The van der Waals surface area contributed by atoms with E-state index in [9.17, 15) is 4.79 Å². The van der Waals surface area contributed by atoms with Gasteiger partial charge in [-0.15, -0.1) is 0 Å². The van der Waals surface area contributed by atoms with Crippen molar-refractivity contribution in [1.82, 2.24) is 0 Å². The van der Waals surface area contributed by atoms with Crippen molar-refractivity contribution in [2.24, 2.45) is 5.92 Å². The third kappa shape index (κ3) is 5.11. The molecule has 0 unspecified atom stereocenters. The molecule has 23 heavy (non-hydrogen) atoms. The van der Waals surface area contributed by atoms with E-state index in [1.54, 1.807) is 7.11 Å². The molecule has 0 spiro atoms. The van der Waals surface area contributed by atoms with E-state index in [4.69, 9.17) is 4.74 Å². The van der Waals surface area contributed by atoms with Crippen molar-refractivity contribution in [2.75, 3.05) is 19.0 Å². The van der Waals surface area contributed by atoms with Gasteiger partial charge in [0.05, 0.1) is 13.7 Å². The highest BCUT2D eigenvalue weighted by Gasteiger charge is 2.24. The summed E-state index contributed by atoms with van der Waals surface area (Å²) in [6.45, 7) is 5.20. The van der Waals surface area contributed by atoms with Gasteiger partial charge in [-0.2, -0.15) is 0 Å². The van der Waals surface area contributed by atoms with E-state index in [0.717, 1.165) is 23.5 Å². The summed E-state index contributed by atoms with van der Waals surface area (Å²) in [7, 11) is 1.62. The third-order valence-electron chi connectivity index (χ3n) is 3.62. The Morgan fingerprint density at radius 2 is 1.87 bits per heavy atom. The number of methoxy groups -OCH3 is 1. The lowest BCUT2D eigenvalue weighted by atomic mass is 10.0. The molecule has 0 heterocycles. The van der Waals surface area contributed by atoms with E-state index in [1.807, 2.05) is 54.6 Å². The molecule has 0 saturated carbocycles. The van der Waals surface area contributed by atoms with Crippen molar-refractivity contribution in [3.8, 4) is 5.75 Å². The van der Waals surface area contributed by atoms with Crippen LogP contribution >= 0.6 is 0 Å². The highest BCUT2D eigenvalue weighted by Crippen LogP contribution is 2.18. The fourth-order valence-corrected chi connectivity index (χ4v) is 2.38. The molecule has 2 aromatic rings. The maximum Gasteiger partial charge on any atom is 0.287 e. The molecule has 0 aliphatic heterocycles. The Labute approximate surface area is 137 Å². The summed E-state index contributed by atoms with van der Waals surface area (Å²) in [6, 6.07) is 17.0. The largest absolute Gasteiger partial charge is 0.497 e. The summed E-state index contributed by atoms with van der Waals surface area (Å²) in [5.41, 5.74) is 1.75. The Balaban J connectivity index is 2.15. The van der Waals surface area contributed by atoms with Gasteiger partial charge >= 0.3 is 0 Å². The second kappa shape index (κ2) is 8.34. The SMILES string of the molecule is COc1cccc(NC(=O)[C@@H]([NH2+]CC(C)C)c2ccccc2)c1. The van der Waals surface area contributed by atoms with Crippen LogP contribution in [0.2, 0.25) is 0 Å². The first-order valence-corrected chi connectivity index (χ1v) is 7.93. The van der Waals surface area contributed by atoms with Gasteiger partial charge < -0.3 is 15.4 Å². The van der Waals surface area contributed by atoms with Crippen molar-refractivity contribution in [2.45, 2.75) is 19.9 Å². The number of quaternary nitrogens is 1. The number of nitrogens with two attached hydrogens (primary N) is 1. The van der Waals surface area contributed by atoms with E-state index in [1.165, 1.54) is 0 Å². The van der Waals surface area contributed by atoms with E-state index in [-0.39, 0.29) is 11.9 Å². The Bertz CT molecular complexity index is 626. The quantitative estimate of drug-likeness (QED) is 0.825. The van der Waals surface area contributed by atoms with Crippen LogP contribution < -0.4 is 15.4 Å². The predicted octanol–water partition coefficient (Wildman–Crippen LogP) is 2.59. The number of benzene rings is 2. The molecule has 0 bridgehead atoms. The molecule has 0 aliphatic rings. The standard InChI is InChI=1S/C19H24N2O2/c1-14(2)13-20-18(15-8-5-4-6-9-15)19(22)21-16-10-7-11-17(12-16)23-3/h4-12,14,18,20H,13H2,1-3H3,(H,21,22)/p+1/t18-/m0/s1. The average molecular weight is 313 g/mol. The number of anilines is 1. The number of ether oxygens (including phenoxy) is 1. The van der Waals surface area contributed by atoms with Crippen LogP contribution in [0, 0.1) is 5.92 Å². The molecule has 122 valence electrons.